The Labute approximate surface area is 132 Å². The zero-order valence-electron chi connectivity index (χ0n) is 12.4. The first kappa shape index (κ1) is 13.4. The SMILES string of the molecule is Nc1nc(N)c2c(ccc3c2ccn3NCc2ccccc2)n1. The number of hydrogen-bond acceptors (Lipinski definition) is 5. The van der Waals surface area contributed by atoms with Crippen LogP contribution in [0.5, 0.6) is 0 Å². The van der Waals surface area contributed by atoms with E-state index in [9.17, 15) is 0 Å². The van der Waals surface area contributed by atoms with Gasteiger partial charge in [0.1, 0.15) is 5.82 Å². The number of nitrogens with one attached hydrogen (secondary N) is 1. The van der Waals surface area contributed by atoms with Crippen LogP contribution < -0.4 is 16.9 Å². The lowest BCUT2D eigenvalue weighted by molar-refractivity contribution is 0.874. The van der Waals surface area contributed by atoms with Gasteiger partial charge in [-0.25, -0.2) is 4.98 Å². The minimum atomic E-state index is 0.191. The Morgan fingerprint density at radius 1 is 0.957 bits per heavy atom. The monoisotopic (exact) mass is 304 g/mol. The van der Waals surface area contributed by atoms with Crippen LogP contribution in [0.2, 0.25) is 0 Å². The molecule has 6 nitrogen and oxygen atoms in total. The predicted octanol–water partition coefficient (Wildman–Crippen LogP) is 2.49. The van der Waals surface area contributed by atoms with Gasteiger partial charge in [-0.1, -0.05) is 30.3 Å². The van der Waals surface area contributed by atoms with Crippen LogP contribution in [0.3, 0.4) is 0 Å². The zero-order chi connectivity index (χ0) is 15.8. The van der Waals surface area contributed by atoms with E-state index in [1.807, 2.05) is 47.3 Å². The number of hydrogen-bond donors (Lipinski definition) is 3. The van der Waals surface area contributed by atoms with Gasteiger partial charge >= 0.3 is 0 Å². The van der Waals surface area contributed by atoms with E-state index in [0.717, 1.165) is 28.4 Å². The lowest BCUT2D eigenvalue weighted by Gasteiger charge is -2.10. The summed E-state index contributed by atoms with van der Waals surface area (Å²) in [6.45, 7) is 0.733. The third kappa shape index (κ3) is 2.30. The second-order valence-corrected chi connectivity index (χ2v) is 5.37. The Balaban J connectivity index is 1.76. The first-order valence-corrected chi connectivity index (χ1v) is 7.33. The molecule has 23 heavy (non-hydrogen) atoms. The Morgan fingerprint density at radius 2 is 1.78 bits per heavy atom. The number of nitrogens with zero attached hydrogens (tertiary/aromatic N) is 3. The molecule has 114 valence electrons. The average Bonchev–Trinajstić information content (AvgIpc) is 2.96. The van der Waals surface area contributed by atoms with Gasteiger partial charge in [-0.3, -0.25) is 4.68 Å². The van der Waals surface area contributed by atoms with Crippen LogP contribution >= 0.6 is 0 Å². The quantitative estimate of drug-likeness (QED) is 0.540. The van der Waals surface area contributed by atoms with Gasteiger partial charge in [0.25, 0.3) is 0 Å². The summed E-state index contributed by atoms with van der Waals surface area (Å²) in [4.78, 5) is 8.32. The summed E-state index contributed by atoms with van der Waals surface area (Å²) >= 11 is 0. The highest BCUT2D eigenvalue weighted by Gasteiger charge is 2.10. The topological polar surface area (TPSA) is 94.8 Å². The summed E-state index contributed by atoms with van der Waals surface area (Å²) in [6, 6.07) is 16.2. The molecule has 5 N–H and O–H groups in total. The Kier molecular flexibility index (Phi) is 3.01. The van der Waals surface area contributed by atoms with Crippen LogP contribution in [0.25, 0.3) is 21.8 Å². The Hall–Kier alpha value is -3.28. The van der Waals surface area contributed by atoms with Crippen LogP contribution in [-0.4, -0.2) is 14.6 Å². The van der Waals surface area contributed by atoms with Crippen LogP contribution in [-0.2, 0) is 6.54 Å². The molecule has 0 unspecified atom stereocenters. The Morgan fingerprint density at radius 3 is 2.61 bits per heavy atom. The van der Waals surface area contributed by atoms with Gasteiger partial charge in [-0.15, -0.1) is 0 Å². The maximum atomic E-state index is 6.04. The molecule has 0 radical (unpaired) electrons. The van der Waals surface area contributed by atoms with E-state index in [-0.39, 0.29) is 5.95 Å². The second-order valence-electron chi connectivity index (χ2n) is 5.37. The summed E-state index contributed by atoms with van der Waals surface area (Å²) < 4.78 is 1.98. The van der Waals surface area contributed by atoms with E-state index in [1.165, 1.54) is 5.56 Å². The van der Waals surface area contributed by atoms with Crippen molar-refractivity contribution >= 4 is 33.6 Å². The number of benzene rings is 2. The van der Waals surface area contributed by atoms with E-state index in [0.29, 0.717) is 5.82 Å². The Bertz CT molecular complexity index is 990. The van der Waals surface area contributed by atoms with Gasteiger partial charge in [-0.05, 0) is 23.8 Å². The van der Waals surface area contributed by atoms with E-state index >= 15 is 0 Å². The molecule has 0 amide bonds. The van der Waals surface area contributed by atoms with Crippen molar-refractivity contribution in [3.05, 3.63) is 60.3 Å². The largest absolute Gasteiger partial charge is 0.383 e. The molecule has 2 aromatic heterocycles. The van der Waals surface area contributed by atoms with E-state index in [1.54, 1.807) is 0 Å². The van der Waals surface area contributed by atoms with Crippen molar-refractivity contribution in [3.63, 3.8) is 0 Å². The number of aromatic nitrogens is 3. The highest BCUT2D eigenvalue weighted by atomic mass is 15.4. The molecule has 0 aliphatic carbocycles. The van der Waals surface area contributed by atoms with Gasteiger partial charge in [0, 0.05) is 11.6 Å². The van der Waals surface area contributed by atoms with Crippen molar-refractivity contribution in [3.8, 4) is 0 Å². The van der Waals surface area contributed by atoms with Crippen molar-refractivity contribution < 1.29 is 0 Å². The molecule has 0 aliphatic rings. The molecule has 0 aliphatic heterocycles. The molecule has 2 aromatic carbocycles. The van der Waals surface area contributed by atoms with Gasteiger partial charge < -0.3 is 16.9 Å². The van der Waals surface area contributed by atoms with Gasteiger partial charge in [0.15, 0.2) is 0 Å². The van der Waals surface area contributed by atoms with Crippen LogP contribution in [0, 0.1) is 0 Å². The first-order valence-electron chi connectivity index (χ1n) is 7.33. The molecule has 0 saturated carbocycles. The van der Waals surface area contributed by atoms with E-state index in [4.69, 9.17) is 11.5 Å². The highest BCUT2D eigenvalue weighted by Crippen LogP contribution is 2.28. The van der Waals surface area contributed by atoms with Gasteiger partial charge in [0.05, 0.1) is 23.0 Å². The first-order chi connectivity index (χ1) is 11.2. The molecule has 4 rings (SSSR count). The lowest BCUT2D eigenvalue weighted by atomic mass is 10.1. The molecular formula is C17H16N6. The number of rotatable bonds is 3. The molecule has 0 bridgehead atoms. The number of fused-ring (bicyclic) bond motifs is 3. The zero-order valence-corrected chi connectivity index (χ0v) is 12.4. The third-order valence-corrected chi connectivity index (χ3v) is 3.87. The molecule has 6 heteroatoms. The minimum absolute atomic E-state index is 0.191. The standard InChI is InChI=1S/C17H16N6/c18-16-15-12-8-9-23(20-10-11-4-2-1-3-5-11)14(12)7-6-13(15)21-17(19)22-16/h1-9,20H,10H2,(H4,18,19,21,22). The number of nitrogens with two attached hydrogens (primary N) is 2. The average molecular weight is 304 g/mol. The fourth-order valence-corrected chi connectivity index (χ4v) is 2.81. The summed E-state index contributed by atoms with van der Waals surface area (Å²) in [5, 5.41) is 1.83. The van der Waals surface area contributed by atoms with Crippen molar-refractivity contribution in [2.45, 2.75) is 6.54 Å². The van der Waals surface area contributed by atoms with Crippen molar-refractivity contribution in [2.24, 2.45) is 0 Å². The summed E-state index contributed by atoms with van der Waals surface area (Å²) in [5.41, 5.74) is 18.1. The fraction of sp³-hybridized carbons (Fsp3) is 0.0588. The van der Waals surface area contributed by atoms with Crippen molar-refractivity contribution in [1.82, 2.24) is 14.6 Å². The summed E-state index contributed by atoms with van der Waals surface area (Å²) in [6.07, 6.45) is 1.98. The van der Waals surface area contributed by atoms with Crippen LogP contribution in [0.15, 0.2) is 54.7 Å². The molecule has 4 aromatic rings. The molecule has 0 spiro atoms. The maximum absolute atomic E-state index is 6.04. The smallest absolute Gasteiger partial charge is 0.222 e. The van der Waals surface area contributed by atoms with E-state index in [2.05, 4.69) is 27.5 Å². The predicted molar refractivity (Wildman–Crippen MR) is 93.4 cm³/mol. The van der Waals surface area contributed by atoms with Crippen molar-refractivity contribution in [1.29, 1.82) is 0 Å². The van der Waals surface area contributed by atoms with Crippen LogP contribution in [0.1, 0.15) is 5.56 Å². The lowest BCUT2D eigenvalue weighted by Crippen LogP contribution is -2.12. The number of nitrogen functional groups attached to an aromatic ring is 2. The van der Waals surface area contributed by atoms with E-state index < -0.39 is 0 Å². The fourth-order valence-electron chi connectivity index (χ4n) is 2.81. The normalized spacial score (nSPS) is 11.1. The third-order valence-electron chi connectivity index (χ3n) is 3.87. The molecule has 0 fully saturated rings. The molecule has 2 heterocycles. The maximum Gasteiger partial charge on any atom is 0.222 e. The van der Waals surface area contributed by atoms with Crippen LogP contribution in [0.4, 0.5) is 11.8 Å². The number of anilines is 2. The van der Waals surface area contributed by atoms with Crippen molar-refractivity contribution in [2.75, 3.05) is 16.9 Å². The van der Waals surface area contributed by atoms with Gasteiger partial charge in [0.2, 0.25) is 5.95 Å². The molecular weight excluding hydrogens is 288 g/mol. The highest BCUT2D eigenvalue weighted by molar-refractivity contribution is 6.10. The summed E-state index contributed by atoms with van der Waals surface area (Å²) in [5.74, 6) is 0.592. The van der Waals surface area contributed by atoms with Gasteiger partial charge in [-0.2, -0.15) is 4.98 Å². The second kappa shape index (κ2) is 5.17. The summed E-state index contributed by atoms with van der Waals surface area (Å²) in [7, 11) is 0. The molecule has 0 saturated heterocycles. The minimum Gasteiger partial charge on any atom is -0.383 e. The molecule has 0 atom stereocenters.